The number of nitrogens with two attached hydrogens (primary N) is 1. The van der Waals surface area contributed by atoms with Gasteiger partial charge in [-0.15, -0.1) is 11.8 Å². The zero-order valence-corrected chi connectivity index (χ0v) is 18.9. The molecule has 3 rings (SSSR count). The van der Waals surface area contributed by atoms with Crippen molar-refractivity contribution in [1.29, 1.82) is 0 Å². The van der Waals surface area contributed by atoms with Crippen molar-refractivity contribution in [2.45, 2.75) is 37.9 Å². The minimum absolute atomic E-state index is 0.105. The van der Waals surface area contributed by atoms with Crippen LogP contribution in [0, 0.1) is 13.8 Å². The van der Waals surface area contributed by atoms with Gasteiger partial charge in [0.05, 0.1) is 12.8 Å². The topological polar surface area (TPSA) is 146 Å². The monoisotopic (exact) mass is 459 g/mol. The van der Waals surface area contributed by atoms with Gasteiger partial charge in [-0.3, -0.25) is 9.59 Å². The summed E-state index contributed by atoms with van der Waals surface area (Å²) in [6.07, 6.45) is -1.48. The fraction of sp³-hybridized carbons (Fsp3) is 0.381. The maximum atomic E-state index is 13.0. The van der Waals surface area contributed by atoms with Crippen LogP contribution in [-0.4, -0.2) is 53.6 Å². The predicted octanol–water partition coefficient (Wildman–Crippen LogP) is 2.18. The maximum absolute atomic E-state index is 13.0. The van der Waals surface area contributed by atoms with Gasteiger partial charge in [-0.25, -0.2) is 14.8 Å². The fourth-order valence-electron chi connectivity index (χ4n) is 3.26. The van der Waals surface area contributed by atoms with Crippen LogP contribution in [-0.2, 0) is 14.3 Å². The highest BCUT2D eigenvalue weighted by Crippen LogP contribution is 2.29. The molecule has 1 aliphatic rings. The summed E-state index contributed by atoms with van der Waals surface area (Å²) in [6, 6.07) is 5.40. The number of ether oxygens (including phenoxy) is 2. The number of carbonyl (C=O) groups is 3. The predicted molar refractivity (Wildman–Crippen MR) is 119 cm³/mol. The minimum Gasteiger partial charge on any atom is -0.438 e. The highest BCUT2D eigenvalue weighted by molar-refractivity contribution is 7.99. The van der Waals surface area contributed by atoms with E-state index in [1.165, 1.54) is 18.9 Å². The second kappa shape index (κ2) is 10.3. The molecule has 1 atom stereocenters. The molecule has 2 aromatic rings. The van der Waals surface area contributed by atoms with Crippen LogP contribution in [0.3, 0.4) is 0 Å². The van der Waals surface area contributed by atoms with Crippen LogP contribution >= 0.6 is 11.8 Å². The molecule has 32 heavy (non-hydrogen) atoms. The second-order valence-corrected chi connectivity index (χ2v) is 8.32. The fourth-order valence-corrected chi connectivity index (χ4v) is 4.11. The van der Waals surface area contributed by atoms with E-state index in [9.17, 15) is 14.4 Å². The molecule has 11 heteroatoms. The molecular weight excluding hydrogens is 434 g/mol. The van der Waals surface area contributed by atoms with Crippen molar-refractivity contribution in [3.05, 3.63) is 34.9 Å². The van der Waals surface area contributed by atoms with Gasteiger partial charge in [-0.1, -0.05) is 6.07 Å². The molecule has 2 amide bonds. The number of hydrogen-bond donors (Lipinski definition) is 3. The first-order chi connectivity index (χ1) is 15.3. The first-order valence-corrected chi connectivity index (χ1v) is 11.0. The number of anilines is 1. The summed E-state index contributed by atoms with van der Waals surface area (Å²) in [7, 11) is 1.18. The third-order valence-electron chi connectivity index (χ3n) is 4.82. The molecule has 1 aromatic heterocycles. The van der Waals surface area contributed by atoms with Gasteiger partial charge in [-0.2, -0.15) is 0 Å². The van der Waals surface area contributed by atoms with Crippen molar-refractivity contribution in [2.75, 3.05) is 25.1 Å². The molecule has 0 aliphatic carbocycles. The lowest BCUT2D eigenvalue weighted by Gasteiger charge is -2.20. The molecule has 1 aromatic carbocycles. The van der Waals surface area contributed by atoms with Crippen molar-refractivity contribution in [2.24, 2.45) is 0 Å². The van der Waals surface area contributed by atoms with Crippen molar-refractivity contribution in [1.82, 2.24) is 20.6 Å². The average molecular weight is 460 g/mol. The van der Waals surface area contributed by atoms with Crippen molar-refractivity contribution in [3.63, 3.8) is 0 Å². The second-order valence-electron chi connectivity index (χ2n) is 7.20. The molecule has 2 heterocycles. The number of aryl methyl sites for hydroxylation is 2. The molecule has 0 radical (unpaired) electrons. The Labute approximate surface area is 189 Å². The maximum Gasteiger partial charge on any atom is 0.509 e. The van der Waals surface area contributed by atoms with Crippen molar-refractivity contribution in [3.8, 4) is 11.3 Å². The van der Waals surface area contributed by atoms with Gasteiger partial charge >= 0.3 is 6.16 Å². The Morgan fingerprint density at radius 3 is 2.66 bits per heavy atom. The van der Waals surface area contributed by atoms with E-state index in [0.717, 1.165) is 16.7 Å². The Morgan fingerprint density at radius 2 is 1.91 bits per heavy atom. The number of nitrogen functional groups attached to an aromatic ring is 1. The zero-order chi connectivity index (χ0) is 23.3. The standard InChI is InChI=1S/C21H25N5O5S/c1-11-8-12(2)14-9-13(11)15-10-18(26-20(22)24-15)32-7-5-16(27)23-6-4-17(25-19(14)28)31-21(29)30-3/h8-10,17H,4-7H2,1-3H3,(H,23,27)(H,25,28)(H2,22,24,26)/t17-/m0/s1. The zero-order valence-electron chi connectivity index (χ0n) is 18.1. The van der Waals surface area contributed by atoms with Gasteiger partial charge in [-0.05, 0) is 37.1 Å². The van der Waals surface area contributed by atoms with E-state index in [0.29, 0.717) is 22.0 Å². The number of amides is 2. The van der Waals surface area contributed by atoms with Crippen LogP contribution in [0.1, 0.15) is 34.3 Å². The Balaban J connectivity index is 2.03. The molecule has 10 nitrogen and oxygen atoms in total. The van der Waals surface area contributed by atoms with E-state index in [-0.39, 0.29) is 31.2 Å². The lowest BCUT2D eigenvalue weighted by molar-refractivity contribution is -0.120. The van der Waals surface area contributed by atoms with Crippen LogP contribution in [0.5, 0.6) is 0 Å². The molecule has 1 aliphatic heterocycles. The first kappa shape index (κ1) is 23.3. The number of aromatic nitrogens is 2. The summed E-state index contributed by atoms with van der Waals surface area (Å²) in [5, 5.41) is 6.08. The highest BCUT2D eigenvalue weighted by atomic mass is 32.2. The quantitative estimate of drug-likeness (QED) is 0.431. The normalized spacial score (nSPS) is 17.2. The molecule has 0 saturated heterocycles. The third-order valence-corrected chi connectivity index (χ3v) is 5.73. The minimum atomic E-state index is -0.983. The average Bonchev–Trinajstić information content (AvgIpc) is 2.72. The number of fused-ring (bicyclic) bond motifs is 5. The summed E-state index contributed by atoms with van der Waals surface area (Å²) in [6.45, 7) is 3.94. The van der Waals surface area contributed by atoms with Crippen LogP contribution in [0.25, 0.3) is 11.3 Å². The van der Waals surface area contributed by atoms with E-state index in [2.05, 4.69) is 25.3 Å². The Morgan fingerprint density at radius 1 is 1.16 bits per heavy atom. The molecule has 0 unspecified atom stereocenters. The number of methoxy groups -OCH3 is 1. The molecule has 170 valence electrons. The summed E-state index contributed by atoms with van der Waals surface area (Å²) >= 11 is 1.39. The summed E-state index contributed by atoms with van der Waals surface area (Å²) in [4.78, 5) is 45.4. The van der Waals surface area contributed by atoms with Gasteiger partial charge in [0.25, 0.3) is 5.91 Å². The van der Waals surface area contributed by atoms with E-state index < -0.39 is 18.3 Å². The van der Waals surface area contributed by atoms with E-state index in [4.69, 9.17) is 10.5 Å². The van der Waals surface area contributed by atoms with E-state index >= 15 is 0 Å². The Kier molecular flexibility index (Phi) is 7.52. The smallest absolute Gasteiger partial charge is 0.438 e. The van der Waals surface area contributed by atoms with E-state index in [1.54, 1.807) is 12.1 Å². The largest absolute Gasteiger partial charge is 0.509 e. The molecule has 4 N–H and O–H groups in total. The Bertz CT molecular complexity index is 1050. The van der Waals surface area contributed by atoms with Gasteiger partial charge in [0.1, 0.15) is 5.03 Å². The summed E-state index contributed by atoms with van der Waals surface area (Å²) in [5.41, 5.74) is 9.27. The molecule has 0 saturated carbocycles. The molecule has 0 fully saturated rings. The summed E-state index contributed by atoms with van der Waals surface area (Å²) in [5.74, 6) is -0.00808. The highest BCUT2D eigenvalue weighted by Gasteiger charge is 2.21. The number of nitrogens with one attached hydrogen (secondary N) is 2. The molecule has 4 bridgehead atoms. The van der Waals surface area contributed by atoms with Crippen LogP contribution in [0.4, 0.5) is 10.7 Å². The van der Waals surface area contributed by atoms with Crippen molar-refractivity contribution < 1.29 is 23.9 Å². The molecular formula is C21H25N5O5S. The lowest BCUT2D eigenvalue weighted by atomic mass is 9.97. The lowest BCUT2D eigenvalue weighted by Crippen LogP contribution is -2.41. The van der Waals surface area contributed by atoms with Gasteiger partial charge < -0.3 is 25.8 Å². The number of rotatable bonds is 1. The third kappa shape index (κ3) is 5.88. The number of thioether (sulfide) groups is 1. The summed E-state index contributed by atoms with van der Waals surface area (Å²) < 4.78 is 9.69. The number of benzene rings is 1. The SMILES string of the molecule is COC(=O)O[C@H]1CCNC(=O)CCSc2cc(nc(N)n2)-c2cc(c(C)cc2C)C(=O)N1. The van der Waals surface area contributed by atoms with Crippen molar-refractivity contribution >= 4 is 35.7 Å². The van der Waals surface area contributed by atoms with Gasteiger partial charge in [0.15, 0.2) is 6.23 Å². The number of carbonyl (C=O) groups excluding carboxylic acids is 3. The first-order valence-electron chi connectivity index (χ1n) is 9.98. The van der Waals surface area contributed by atoms with E-state index in [1.807, 2.05) is 19.9 Å². The van der Waals surface area contributed by atoms with Crippen LogP contribution < -0.4 is 16.4 Å². The van der Waals surface area contributed by atoms with Gasteiger partial charge in [0.2, 0.25) is 11.9 Å². The van der Waals surface area contributed by atoms with Gasteiger partial charge in [0, 0.05) is 36.3 Å². The Hall–Kier alpha value is -3.34. The van der Waals surface area contributed by atoms with Crippen LogP contribution in [0.15, 0.2) is 23.2 Å². The number of hydrogen-bond acceptors (Lipinski definition) is 9. The van der Waals surface area contributed by atoms with Crippen LogP contribution in [0.2, 0.25) is 0 Å². The molecule has 0 spiro atoms. The number of nitrogens with zero attached hydrogens (tertiary/aromatic N) is 2.